The first-order chi connectivity index (χ1) is 9.69. The number of nitrogens with one attached hydrogen (secondary N) is 1. The summed E-state index contributed by atoms with van der Waals surface area (Å²) in [5.41, 5.74) is 7.06. The van der Waals surface area contributed by atoms with Crippen LogP contribution in [0.15, 0.2) is 24.5 Å². The average Bonchev–Trinajstić information content (AvgIpc) is 3.27. The Kier molecular flexibility index (Phi) is 5.49. The maximum atomic E-state index is 11.8. The van der Waals surface area contributed by atoms with Crippen LogP contribution in [0.25, 0.3) is 0 Å². The van der Waals surface area contributed by atoms with Crippen LogP contribution in [-0.2, 0) is 11.2 Å². The molecule has 0 saturated heterocycles. The molecule has 1 aliphatic rings. The van der Waals surface area contributed by atoms with Gasteiger partial charge in [-0.3, -0.25) is 9.78 Å². The van der Waals surface area contributed by atoms with E-state index in [0.29, 0.717) is 19.0 Å². The van der Waals surface area contributed by atoms with E-state index in [1.54, 1.807) is 12.4 Å². The van der Waals surface area contributed by atoms with Crippen molar-refractivity contribution in [3.05, 3.63) is 30.1 Å². The van der Waals surface area contributed by atoms with E-state index in [2.05, 4.69) is 15.2 Å². The van der Waals surface area contributed by atoms with E-state index in [4.69, 9.17) is 5.73 Å². The number of amides is 1. The van der Waals surface area contributed by atoms with Gasteiger partial charge in [-0.15, -0.1) is 0 Å². The van der Waals surface area contributed by atoms with Gasteiger partial charge < -0.3 is 16.0 Å². The Morgan fingerprint density at radius 3 is 2.80 bits per heavy atom. The lowest BCUT2D eigenvalue weighted by atomic mass is 10.1. The minimum absolute atomic E-state index is 0.107. The van der Waals surface area contributed by atoms with Crippen molar-refractivity contribution in [1.82, 2.24) is 15.2 Å². The molecule has 1 fully saturated rings. The molecule has 0 radical (unpaired) electrons. The molecule has 5 nitrogen and oxygen atoms in total. The molecule has 20 heavy (non-hydrogen) atoms. The summed E-state index contributed by atoms with van der Waals surface area (Å²) in [5.74, 6) is 0.124. The number of hydrogen-bond donors (Lipinski definition) is 2. The number of nitrogens with zero attached hydrogens (tertiary/aromatic N) is 2. The summed E-state index contributed by atoms with van der Waals surface area (Å²) < 4.78 is 0. The monoisotopic (exact) mass is 276 g/mol. The zero-order chi connectivity index (χ0) is 14.4. The molecule has 1 aliphatic carbocycles. The molecule has 5 heteroatoms. The molecule has 1 atom stereocenters. The van der Waals surface area contributed by atoms with Gasteiger partial charge in [0.25, 0.3) is 0 Å². The third-order valence-electron chi connectivity index (χ3n) is 3.76. The fourth-order valence-corrected chi connectivity index (χ4v) is 2.18. The minimum Gasteiger partial charge on any atom is -0.353 e. The van der Waals surface area contributed by atoms with Gasteiger partial charge in [0.15, 0.2) is 0 Å². The molecule has 1 unspecified atom stereocenters. The van der Waals surface area contributed by atoms with Crippen LogP contribution in [0.3, 0.4) is 0 Å². The number of rotatable bonds is 8. The molecule has 1 amide bonds. The second-order valence-corrected chi connectivity index (χ2v) is 5.52. The Balaban J connectivity index is 1.75. The van der Waals surface area contributed by atoms with Gasteiger partial charge in [-0.1, -0.05) is 0 Å². The molecule has 1 heterocycles. The largest absolute Gasteiger partial charge is 0.353 e. The van der Waals surface area contributed by atoms with Gasteiger partial charge in [-0.2, -0.15) is 0 Å². The molecule has 1 saturated carbocycles. The van der Waals surface area contributed by atoms with Gasteiger partial charge in [0.2, 0.25) is 5.91 Å². The van der Waals surface area contributed by atoms with Crippen molar-refractivity contribution in [3.8, 4) is 0 Å². The normalized spacial score (nSPS) is 16.1. The van der Waals surface area contributed by atoms with E-state index in [1.807, 2.05) is 19.2 Å². The predicted molar refractivity (Wildman–Crippen MR) is 79.2 cm³/mol. The molecule has 1 aromatic rings. The van der Waals surface area contributed by atoms with Crippen molar-refractivity contribution in [3.63, 3.8) is 0 Å². The van der Waals surface area contributed by atoms with Crippen LogP contribution in [0.1, 0.15) is 24.8 Å². The van der Waals surface area contributed by atoms with Crippen molar-refractivity contribution in [2.75, 3.05) is 20.1 Å². The molecular weight excluding hydrogens is 252 g/mol. The minimum atomic E-state index is 0.107. The van der Waals surface area contributed by atoms with Gasteiger partial charge in [-0.05, 0) is 44.0 Å². The quantitative estimate of drug-likeness (QED) is 0.727. The lowest BCUT2D eigenvalue weighted by Gasteiger charge is -2.26. The summed E-state index contributed by atoms with van der Waals surface area (Å²) in [5, 5.41) is 3.02. The lowest BCUT2D eigenvalue weighted by molar-refractivity contribution is -0.122. The Morgan fingerprint density at radius 2 is 2.20 bits per heavy atom. The average molecular weight is 276 g/mol. The highest BCUT2D eigenvalue weighted by Crippen LogP contribution is 2.19. The Hall–Kier alpha value is -1.46. The topological polar surface area (TPSA) is 71.2 Å². The molecule has 1 aromatic heterocycles. The highest BCUT2D eigenvalue weighted by atomic mass is 16.1. The molecule has 0 spiro atoms. The van der Waals surface area contributed by atoms with Gasteiger partial charge in [0.05, 0.1) is 0 Å². The van der Waals surface area contributed by atoms with Crippen molar-refractivity contribution in [1.29, 1.82) is 0 Å². The number of hydrogen-bond acceptors (Lipinski definition) is 4. The number of pyridine rings is 1. The number of nitrogens with two attached hydrogens (primary N) is 1. The number of aromatic nitrogens is 1. The summed E-state index contributed by atoms with van der Waals surface area (Å²) >= 11 is 0. The van der Waals surface area contributed by atoms with Crippen LogP contribution in [0, 0.1) is 0 Å². The maximum Gasteiger partial charge on any atom is 0.221 e. The van der Waals surface area contributed by atoms with E-state index in [-0.39, 0.29) is 11.9 Å². The SMILES string of the molecule is CN(CCc1ccncc1)C(CN)CC(=O)NC1CC1. The first-order valence-electron chi connectivity index (χ1n) is 7.27. The van der Waals surface area contributed by atoms with Crippen molar-refractivity contribution in [2.45, 2.75) is 37.8 Å². The van der Waals surface area contributed by atoms with Crippen LogP contribution in [0.2, 0.25) is 0 Å². The fraction of sp³-hybridized carbons (Fsp3) is 0.600. The summed E-state index contributed by atoms with van der Waals surface area (Å²) in [6.45, 7) is 1.40. The highest BCUT2D eigenvalue weighted by molar-refractivity contribution is 5.77. The Morgan fingerprint density at radius 1 is 1.50 bits per heavy atom. The van der Waals surface area contributed by atoms with Crippen LogP contribution in [-0.4, -0.2) is 48.0 Å². The number of carbonyl (C=O) groups is 1. The lowest BCUT2D eigenvalue weighted by Crippen LogP contribution is -2.43. The first-order valence-corrected chi connectivity index (χ1v) is 7.27. The second kappa shape index (κ2) is 7.36. The third kappa shape index (κ3) is 4.90. The van der Waals surface area contributed by atoms with E-state index in [0.717, 1.165) is 25.8 Å². The fourth-order valence-electron chi connectivity index (χ4n) is 2.18. The van der Waals surface area contributed by atoms with E-state index in [9.17, 15) is 4.79 Å². The first kappa shape index (κ1) is 14.9. The van der Waals surface area contributed by atoms with Gasteiger partial charge in [0, 0.05) is 44.0 Å². The molecule has 0 aromatic carbocycles. The van der Waals surface area contributed by atoms with E-state index in [1.165, 1.54) is 5.56 Å². The molecule has 3 N–H and O–H groups in total. The zero-order valence-corrected chi connectivity index (χ0v) is 12.1. The molecular formula is C15H24N4O. The van der Waals surface area contributed by atoms with Gasteiger partial charge in [0.1, 0.15) is 0 Å². The van der Waals surface area contributed by atoms with Crippen molar-refractivity contribution < 1.29 is 4.79 Å². The summed E-state index contributed by atoms with van der Waals surface area (Å²) in [7, 11) is 2.03. The van der Waals surface area contributed by atoms with Crippen molar-refractivity contribution >= 4 is 5.91 Å². The molecule has 2 rings (SSSR count). The van der Waals surface area contributed by atoms with E-state index < -0.39 is 0 Å². The second-order valence-electron chi connectivity index (χ2n) is 5.52. The predicted octanol–water partition coefficient (Wildman–Crippen LogP) is 0.552. The van der Waals surface area contributed by atoms with Crippen molar-refractivity contribution in [2.24, 2.45) is 5.73 Å². The summed E-state index contributed by atoms with van der Waals surface area (Å²) in [6.07, 6.45) is 7.28. The van der Waals surface area contributed by atoms with Gasteiger partial charge in [-0.25, -0.2) is 0 Å². The Labute approximate surface area is 120 Å². The zero-order valence-electron chi connectivity index (χ0n) is 12.1. The number of carbonyl (C=O) groups excluding carboxylic acids is 1. The van der Waals surface area contributed by atoms with Crippen LogP contribution in [0.5, 0.6) is 0 Å². The number of likely N-dealkylation sites (N-methyl/N-ethyl adjacent to an activating group) is 1. The van der Waals surface area contributed by atoms with Crippen LogP contribution >= 0.6 is 0 Å². The van der Waals surface area contributed by atoms with E-state index >= 15 is 0 Å². The molecule has 110 valence electrons. The molecule has 0 aliphatic heterocycles. The van der Waals surface area contributed by atoms with Crippen LogP contribution in [0.4, 0.5) is 0 Å². The summed E-state index contributed by atoms with van der Waals surface area (Å²) in [4.78, 5) is 18.0. The highest BCUT2D eigenvalue weighted by Gasteiger charge is 2.25. The molecule has 0 bridgehead atoms. The smallest absolute Gasteiger partial charge is 0.221 e. The standard InChI is InChI=1S/C15H24N4O/c1-19(9-6-12-4-7-17-8-5-12)14(11-16)10-15(20)18-13-2-3-13/h4-5,7-8,13-14H,2-3,6,9-11,16H2,1H3,(H,18,20). The maximum absolute atomic E-state index is 11.8. The summed E-state index contributed by atoms with van der Waals surface area (Å²) in [6, 6.07) is 4.56. The van der Waals surface area contributed by atoms with Gasteiger partial charge >= 0.3 is 0 Å². The van der Waals surface area contributed by atoms with Crippen LogP contribution < -0.4 is 11.1 Å². The third-order valence-corrected chi connectivity index (χ3v) is 3.76. The Bertz CT molecular complexity index is 419.